The Morgan fingerprint density at radius 2 is 1.92 bits per heavy atom. The zero-order chi connectivity index (χ0) is 18.0. The largest absolute Gasteiger partial charge is 0.457 e. The average Bonchev–Trinajstić information content (AvgIpc) is 3.00. The van der Waals surface area contributed by atoms with Gasteiger partial charge in [0, 0.05) is 30.4 Å². The number of nitrogens with zero attached hydrogens (tertiary/aromatic N) is 1. The van der Waals surface area contributed by atoms with Gasteiger partial charge in [0.1, 0.15) is 11.5 Å². The van der Waals surface area contributed by atoms with Crippen LogP contribution in [0, 0.1) is 18.8 Å². The zero-order valence-corrected chi connectivity index (χ0v) is 15.2. The van der Waals surface area contributed by atoms with Crippen LogP contribution in [0.1, 0.15) is 31.6 Å². The van der Waals surface area contributed by atoms with Gasteiger partial charge in [-0.25, -0.2) is 0 Å². The molecule has 0 radical (unpaired) electrons. The molecule has 1 amide bonds. The molecular formula is C21H26N2O2. The van der Waals surface area contributed by atoms with Crippen LogP contribution < -0.4 is 5.73 Å². The molecule has 0 bridgehead atoms. The molecular weight excluding hydrogens is 312 g/mol. The van der Waals surface area contributed by atoms with E-state index in [4.69, 9.17) is 10.2 Å². The number of piperidine rings is 1. The maximum Gasteiger partial charge on any atom is 0.246 e. The molecule has 4 nitrogen and oxygen atoms in total. The van der Waals surface area contributed by atoms with Gasteiger partial charge in [-0.05, 0) is 67.2 Å². The Balaban J connectivity index is 1.70. The van der Waals surface area contributed by atoms with E-state index in [1.807, 2.05) is 42.2 Å². The summed E-state index contributed by atoms with van der Waals surface area (Å²) in [7, 11) is 0. The van der Waals surface area contributed by atoms with E-state index in [1.165, 1.54) is 6.42 Å². The number of rotatable bonds is 3. The first-order chi connectivity index (χ1) is 11.9. The fraction of sp³-hybridized carbons (Fsp3) is 0.381. The molecule has 0 aliphatic carbocycles. The molecule has 3 rings (SSSR count). The van der Waals surface area contributed by atoms with Crippen LogP contribution in [0.2, 0.25) is 0 Å². The molecule has 2 aromatic rings. The predicted octanol–water partition coefficient (Wildman–Crippen LogP) is 4.35. The van der Waals surface area contributed by atoms with E-state index in [1.54, 1.807) is 12.2 Å². The van der Waals surface area contributed by atoms with Crippen LogP contribution in [0.25, 0.3) is 17.4 Å². The van der Waals surface area contributed by atoms with Gasteiger partial charge in [-0.1, -0.05) is 13.8 Å². The Morgan fingerprint density at radius 3 is 2.60 bits per heavy atom. The number of furan rings is 1. The molecule has 2 unspecified atom stereocenters. The minimum atomic E-state index is 0.0556. The molecule has 1 saturated heterocycles. The lowest BCUT2D eigenvalue weighted by Crippen LogP contribution is -2.41. The standard InChI is InChI=1S/C21H26N2O2/c1-14-10-15(2)13-23(12-14)21(24)9-6-18-5-8-20(25-18)19-7-4-17(22)11-16(19)3/h4-9,11,14-15H,10,12-13,22H2,1-3H3/b9-6+. The van der Waals surface area contributed by atoms with Crippen molar-refractivity contribution >= 4 is 17.7 Å². The Bertz CT molecular complexity index is 781. The molecule has 0 spiro atoms. The lowest BCUT2D eigenvalue weighted by atomic mass is 9.92. The number of carbonyl (C=O) groups is 1. The molecule has 2 N–H and O–H groups in total. The second kappa shape index (κ2) is 7.18. The summed E-state index contributed by atoms with van der Waals surface area (Å²) in [6.45, 7) is 8.08. The summed E-state index contributed by atoms with van der Waals surface area (Å²) in [6.07, 6.45) is 4.56. The fourth-order valence-corrected chi connectivity index (χ4v) is 3.65. The summed E-state index contributed by atoms with van der Waals surface area (Å²) in [5.74, 6) is 2.64. The number of nitrogen functional groups attached to an aromatic ring is 1. The predicted molar refractivity (Wildman–Crippen MR) is 102 cm³/mol. The number of benzene rings is 1. The number of nitrogens with two attached hydrogens (primary N) is 1. The van der Waals surface area contributed by atoms with Gasteiger partial charge in [0.25, 0.3) is 0 Å². The van der Waals surface area contributed by atoms with Gasteiger partial charge in [-0.3, -0.25) is 4.79 Å². The highest BCUT2D eigenvalue weighted by Gasteiger charge is 2.24. The molecule has 1 aromatic heterocycles. The van der Waals surface area contributed by atoms with Crippen LogP contribution in [0.4, 0.5) is 5.69 Å². The third kappa shape index (κ3) is 4.13. The van der Waals surface area contributed by atoms with Crippen LogP contribution in [0.3, 0.4) is 0 Å². The number of anilines is 1. The van der Waals surface area contributed by atoms with Crippen molar-refractivity contribution in [3.05, 3.63) is 47.7 Å². The molecule has 4 heteroatoms. The van der Waals surface area contributed by atoms with Crippen LogP contribution in [-0.2, 0) is 4.79 Å². The normalized spacial score (nSPS) is 21.0. The Kier molecular flexibility index (Phi) is 4.98. The third-order valence-electron chi connectivity index (χ3n) is 4.71. The van der Waals surface area contributed by atoms with Crippen molar-refractivity contribution in [3.8, 4) is 11.3 Å². The Hall–Kier alpha value is -2.49. The van der Waals surface area contributed by atoms with E-state index in [-0.39, 0.29) is 5.91 Å². The molecule has 2 atom stereocenters. The van der Waals surface area contributed by atoms with Crippen molar-refractivity contribution in [2.75, 3.05) is 18.8 Å². The van der Waals surface area contributed by atoms with Crippen LogP contribution in [-0.4, -0.2) is 23.9 Å². The second-order valence-electron chi connectivity index (χ2n) is 7.30. The highest BCUT2D eigenvalue weighted by atomic mass is 16.3. The van der Waals surface area contributed by atoms with Crippen LogP contribution in [0.5, 0.6) is 0 Å². The molecule has 132 valence electrons. The zero-order valence-electron chi connectivity index (χ0n) is 15.2. The Morgan fingerprint density at radius 1 is 1.20 bits per heavy atom. The average molecular weight is 338 g/mol. The molecule has 1 aliphatic rings. The van der Waals surface area contributed by atoms with Crippen molar-refractivity contribution in [3.63, 3.8) is 0 Å². The summed E-state index contributed by atoms with van der Waals surface area (Å²) < 4.78 is 5.87. The number of aryl methyl sites for hydroxylation is 1. The molecule has 1 fully saturated rings. The number of hydrogen-bond donors (Lipinski definition) is 1. The summed E-state index contributed by atoms with van der Waals surface area (Å²) in [4.78, 5) is 14.3. The first-order valence-corrected chi connectivity index (χ1v) is 8.85. The van der Waals surface area contributed by atoms with Crippen LogP contribution >= 0.6 is 0 Å². The monoisotopic (exact) mass is 338 g/mol. The van der Waals surface area contributed by atoms with Crippen molar-refractivity contribution in [2.45, 2.75) is 27.2 Å². The minimum absolute atomic E-state index is 0.0556. The van der Waals surface area contributed by atoms with E-state index < -0.39 is 0 Å². The van der Waals surface area contributed by atoms with Gasteiger partial charge in [0.05, 0.1) is 0 Å². The van der Waals surface area contributed by atoms with Crippen molar-refractivity contribution in [1.82, 2.24) is 4.90 Å². The molecule has 1 aliphatic heterocycles. The minimum Gasteiger partial charge on any atom is -0.457 e. The highest BCUT2D eigenvalue weighted by Crippen LogP contribution is 2.27. The summed E-state index contributed by atoms with van der Waals surface area (Å²) >= 11 is 0. The molecule has 2 heterocycles. The van der Waals surface area contributed by atoms with Crippen LogP contribution in [0.15, 0.2) is 40.8 Å². The summed E-state index contributed by atoms with van der Waals surface area (Å²) in [6, 6.07) is 9.56. The van der Waals surface area contributed by atoms with E-state index in [9.17, 15) is 4.79 Å². The lowest BCUT2D eigenvalue weighted by Gasteiger charge is -2.34. The van der Waals surface area contributed by atoms with Gasteiger partial charge in [-0.15, -0.1) is 0 Å². The van der Waals surface area contributed by atoms with Gasteiger partial charge < -0.3 is 15.1 Å². The van der Waals surface area contributed by atoms with Crippen molar-refractivity contribution in [1.29, 1.82) is 0 Å². The van der Waals surface area contributed by atoms with Gasteiger partial charge in [0.15, 0.2) is 0 Å². The summed E-state index contributed by atoms with van der Waals surface area (Å²) in [5, 5.41) is 0. The van der Waals surface area contributed by atoms with E-state index >= 15 is 0 Å². The molecule has 1 aromatic carbocycles. The first-order valence-electron chi connectivity index (χ1n) is 8.85. The topological polar surface area (TPSA) is 59.5 Å². The number of carbonyl (C=O) groups excluding carboxylic acids is 1. The van der Waals surface area contributed by atoms with E-state index in [0.29, 0.717) is 17.6 Å². The van der Waals surface area contributed by atoms with Gasteiger partial charge in [0.2, 0.25) is 5.91 Å². The van der Waals surface area contributed by atoms with Gasteiger partial charge >= 0.3 is 0 Å². The molecule has 0 saturated carbocycles. The quantitative estimate of drug-likeness (QED) is 0.668. The smallest absolute Gasteiger partial charge is 0.246 e. The third-order valence-corrected chi connectivity index (χ3v) is 4.71. The number of hydrogen-bond acceptors (Lipinski definition) is 3. The molecule has 25 heavy (non-hydrogen) atoms. The second-order valence-corrected chi connectivity index (χ2v) is 7.30. The Labute approximate surface area is 149 Å². The maximum atomic E-state index is 12.4. The van der Waals surface area contributed by atoms with E-state index in [0.717, 1.165) is 35.7 Å². The first kappa shape index (κ1) is 17.3. The number of amides is 1. The maximum absolute atomic E-state index is 12.4. The van der Waals surface area contributed by atoms with Gasteiger partial charge in [-0.2, -0.15) is 0 Å². The number of likely N-dealkylation sites (tertiary alicyclic amines) is 1. The SMILES string of the molecule is Cc1cc(N)ccc1-c1ccc(/C=C/C(=O)N2CC(C)CC(C)C2)o1. The highest BCUT2D eigenvalue weighted by molar-refractivity contribution is 5.91. The van der Waals surface area contributed by atoms with Crippen molar-refractivity contribution in [2.24, 2.45) is 11.8 Å². The van der Waals surface area contributed by atoms with E-state index in [2.05, 4.69) is 13.8 Å². The lowest BCUT2D eigenvalue weighted by molar-refractivity contribution is -0.128. The van der Waals surface area contributed by atoms with Crippen molar-refractivity contribution < 1.29 is 9.21 Å². The fourth-order valence-electron chi connectivity index (χ4n) is 3.65. The summed E-state index contributed by atoms with van der Waals surface area (Å²) in [5.41, 5.74) is 8.62.